The van der Waals surface area contributed by atoms with Crippen molar-refractivity contribution >= 4 is 23.7 Å². The number of amides is 1. The van der Waals surface area contributed by atoms with Gasteiger partial charge in [0.05, 0.1) is 11.8 Å². The van der Waals surface area contributed by atoms with Crippen molar-refractivity contribution in [3.63, 3.8) is 0 Å². The lowest BCUT2D eigenvalue weighted by atomic mass is 10.1. The third-order valence-corrected chi connectivity index (χ3v) is 3.21. The summed E-state index contributed by atoms with van der Waals surface area (Å²) in [4.78, 5) is 11.9. The highest BCUT2D eigenvalue weighted by Crippen LogP contribution is 2.21. The summed E-state index contributed by atoms with van der Waals surface area (Å²) in [5.74, 6) is -0.657. The summed E-state index contributed by atoms with van der Waals surface area (Å²) in [7, 11) is 0. The zero-order valence-electron chi connectivity index (χ0n) is 11.5. The highest BCUT2D eigenvalue weighted by atomic mass is 35.5. The molecule has 2 aromatic carbocycles. The van der Waals surface area contributed by atoms with Crippen LogP contribution >= 0.6 is 11.6 Å². The fourth-order valence-electron chi connectivity index (χ4n) is 1.76. The van der Waals surface area contributed by atoms with Gasteiger partial charge in [-0.15, -0.1) is 0 Å². The third kappa shape index (κ3) is 4.07. The molecule has 0 unspecified atom stereocenters. The van der Waals surface area contributed by atoms with Crippen molar-refractivity contribution in [2.24, 2.45) is 5.10 Å². The van der Waals surface area contributed by atoms with E-state index in [0.29, 0.717) is 5.02 Å². The monoisotopic (exact) mass is 302 g/mol. The lowest BCUT2D eigenvalue weighted by Crippen LogP contribution is -2.17. The van der Waals surface area contributed by atoms with Crippen LogP contribution in [0, 0.1) is 0 Å². The molecular weight excluding hydrogens is 288 g/mol. The highest BCUT2D eigenvalue weighted by Gasteiger charge is 2.10. The van der Waals surface area contributed by atoms with E-state index < -0.39 is 5.91 Å². The van der Waals surface area contributed by atoms with Crippen LogP contribution in [0.3, 0.4) is 0 Å². The van der Waals surface area contributed by atoms with E-state index in [9.17, 15) is 9.90 Å². The molecule has 0 saturated heterocycles. The Balaban J connectivity index is 2.02. The van der Waals surface area contributed by atoms with E-state index in [1.165, 1.54) is 23.8 Å². The van der Waals surface area contributed by atoms with E-state index in [1.807, 2.05) is 24.3 Å². The minimum Gasteiger partial charge on any atom is -0.507 e. The molecule has 0 atom stereocenters. The second-order valence-electron chi connectivity index (χ2n) is 4.46. The first kappa shape index (κ1) is 15.1. The number of nitrogens with zero attached hydrogens (tertiary/aromatic N) is 1. The Bertz CT molecular complexity index is 666. The van der Waals surface area contributed by atoms with E-state index in [-0.39, 0.29) is 11.3 Å². The van der Waals surface area contributed by atoms with E-state index >= 15 is 0 Å². The summed E-state index contributed by atoms with van der Waals surface area (Å²) in [6.45, 7) is 2.08. The number of benzene rings is 2. The molecule has 0 heterocycles. The average molecular weight is 303 g/mol. The van der Waals surface area contributed by atoms with Crippen molar-refractivity contribution in [1.82, 2.24) is 5.43 Å². The Hall–Kier alpha value is -2.33. The third-order valence-electron chi connectivity index (χ3n) is 2.97. The van der Waals surface area contributed by atoms with Crippen LogP contribution in [0.1, 0.15) is 28.4 Å². The molecule has 108 valence electrons. The summed E-state index contributed by atoms with van der Waals surface area (Å²) in [5.41, 5.74) is 4.55. The number of phenols is 1. The predicted octanol–water partition coefficient (Wildman–Crippen LogP) is 3.37. The van der Waals surface area contributed by atoms with Crippen LogP contribution in [0.2, 0.25) is 5.02 Å². The van der Waals surface area contributed by atoms with E-state index in [0.717, 1.165) is 12.0 Å². The maximum Gasteiger partial charge on any atom is 0.275 e. The summed E-state index contributed by atoms with van der Waals surface area (Å²) in [6.07, 6.45) is 2.52. The Morgan fingerprint density at radius 3 is 2.67 bits per heavy atom. The molecule has 4 nitrogen and oxygen atoms in total. The molecule has 0 aromatic heterocycles. The van der Waals surface area contributed by atoms with E-state index in [1.54, 1.807) is 6.21 Å². The lowest BCUT2D eigenvalue weighted by molar-refractivity contribution is 0.0952. The Morgan fingerprint density at radius 1 is 1.29 bits per heavy atom. The molecule has 0 fully saturated rings. The molecule has 0 aliphatic carbocycles. The van der Waals surface area contributed by atoms with Crippen LogP contribution in [0.5, 0.6) is 5.75 Å². The van der Waals surface area contributed by atoms with E-state index in [4.69, 9.17) is 11.6 Å². The summed E-state index contributed by atoms with van der Waals surface area (Å²) >= 11 is 5.79. The quantitative estimate of drug-likeness (QED) is 0.672. The zero-order chi connectivity index (χ0) is 15.2. The number of hydrogen-bond acceptors (Lipinski definition) is 3. The molecule has 2 N–H and O–H groups in total. The largest absolute Gasteiger partial charge is 0.507 e. The van der Waals surface area contributed by atoms with Crippen LogP contribution in [0.25, 0.3) is 0 Å². The second kappa shape index (κ2) is 6.90. The van der Waals surface area contributed by atoms with Gasteiger partial charge in [-0.3, -0.25) is 4.79 Å². The van der Waals surface area contributed by atoms with Gasteiger partial charge in [-0.05, 0) is 35.7 Å². The summed E-state index contributed by atoms with van der Waals surface area (Å²) in [5, 5.41) is 13.8. The maximum absolute atomic E-state index is 11.9. The molecule has 0 radical (unpaired) electrons. The fraction of sp³-hybridized carbons (Fsp3) is 0.125. The number of halogens is 1. The van der Waals surface area contributed by atoms with Gasteiger partial charge in [-0.25, -0.2) is 5.43 Å². The molecule has 21 heavy (non-hydrogen) atoms. The molecule has 0 aliphatic rings. The van der Waals surface area contributed by atoms with Crippen molar-refractivity contribution in [2.45, 2.75) is 13.3 Å². The molecule has 0 aliphatic heterocycles. The van der Waals surface area contributed by atoms with Gasteiger partial charge < -0.3 is 5.11 Å². The van der Waals surface area contributed by atoms with Crippen molar-refractivity contribution in [1.29, 1.82) is 0 Å². The Kier molecular flexibility index (Phi) is 4.95. The van der Waals surface area contributed by atoms with Crippen molar-refractivity contribution in [2.75, 3.05) is 0 Å². The van der Waals surface area contributed by atoms with Gasteiger partial charge in [0.1, 0.15) is 5.75 Å². The van der Waals surface area contributed by atoms with Gasteiger partial charge in [0.15, 0.2) is 0 Å². The topological polar surface area (TPSA) is 61.7 Å². The highest BCUT2D eigenvalue weighted by molar-refractivity contribution is 6.31. The number of carbonyl (C=O) groups is 1. The Morgan fingerprint density at radius 2 is 2.00 bits per heavy atom. The van der Waals surface area contributed by atoms with Crippen molar-refractivity contribution < 1.29 is 9.90 Å². The first-order valence-electron chi connectivity index (χ1n) is 6.51. The van der Waals surface area contributed by atoms with Gasteiger partial charge in [0.2, 0.25) is 0 Å². The lowest BCUT2D eigenvalue weighted by Gasteiger charge is -2.03. The number of hydrazone groups is 1. The number of hydrogen-bond donors (Lipinski definition) is 2. The maximum atomic E-state index is 11.9. The average Bonchev–Trinajstić information content (AvgIpc) is 2.50. The normalized spacial score (nSPS) is 10.8. The Labute approximate surface area is 128 Å². The van der Waals surface area contributed by atoms with Crippen LogP contribution in [-0.4, -0.2) is 17.2 Å². The van der Waals surface area contributed by atoms with Crippen LogP contribution in [-0.2, 0) is 6.42 Å². The van der Waals surface area contributed by atoms with Gasteiger partial charge >= 0.3 is 0 Å². The molecule has 2 rings (SSSR count). The smallest absolute Gasteiger partial charge is 0.275 e. The number of aromatic hydroxyl groups is 1. The number of nitrogens with one attached hydrogen (secondary N) is 1. The van der Waals surface area contributed by atoms with Gasteiger partial charge in [-0.1, -0.05) is 42.8 Å². The van der Waals surface area contributed by atoms with Gasteiger partial charge in [-0.2, -0.15) is 5.10 Å². The predicted molar refractivity (Wildman–Crippen MR) is 84.0 cm³/mol. The SMILES string of the molecule is CCc1ccc(C=NNC(=O)c2cc(Cl)ccc2O)cc1. The minimum absolute atomic E-state index is 0.0842. The molecule has 1 amide bonds. The zero-order valence-corrected chi connectivity index (χ0v) is 12.3. The minimum atomic E-state index is -0.517. The molecule has 2 aromatic rings. The first-order chi connectivity index (χ1) is 10.1. The van der Waals surface area contributed by atoms with Gasteiger partial charge in [0, 0.05) is 5.02 Å². The molecule has 0 saturated carbocycles. The summed E-state index contributed by atoms with van der Waals surface area (Å²) in [6, 6.07) is 12.1. The van der Waals surface area contributed by atoms with Crippen molar-refractivity contribution in [3.8, 4) is 5.75 Å². The second-order valence-corrected chi connectivity index (χ2v) is 4.89. The molecule has 0 bridgehead atoms. The van der Waals surface area contributed by atoms with Crippen LogP contribution < -0.4 is 5.43 Å². The number of phenolic OH excluding ortho intramolecular Hbond substituents is 1. The summed E-state index contributed by atoms with van der Waals surface area (Å²) < 4.78 is 0. The van der Waals surface area contributed by atoms with Gasteiger partial charge in [0.25, 0.3) is 5.91 Å². The van der Waals surface area contributed by atoms with Crippen molar-refractivity contribution in [3.05, 3.63) is 64.2 Å². The first-order valence-corrected chi connectivity index (χ1v) is 6.89. The number of aryl methyl sites for hydroxylation is 1. The fourth-order valence-corrected chi connectivity index (χ4v) is 1.93. The molecule has 0 spiro atoms. The molecular formula is C16H15ClN2O2. The number of rotatable bonds is 4. The van der Waals surface area contributed by atoms with Crippen LogP contribution in [0.15, 0.2) is 47.6 Å². The standard InChI is InChI=1S/C16H15ClN2O2/c1-2-11-3-5-12(6-4-11)10-18-19-16(21)14-9-13(17)7-8-15(14)20/h3-10,20H,2H2,1H3,(H,19,21). The number of carbonyl (C=O) groups excluding carboxylic acids is 1. The van der Waals surface area contributed by atoms with Crippen LogP contribution in [0.4, 0.5) is 0 Å². The van der Waals surface area contributed by atoms with E-state index in [2.05, 4.69) is 17.5 Å². The molecule has 5 heteroatoms.